The lowest BCUT2D eigenvalue weighted by atomic mass is 10.2. The van der Waals surface area contributed by atoms with E-state index in [2.05, 4.69) is 5.32 Å². The highest BCUT2D eigenvalue weighted by atomic mass is 32.1. The average Bonchev–Trinajstić information content (AvgIpc) is 3.31. The van der Waals surface area contributed by atoms with Gasteiger partial charge in [-0.2, -0.15) is 0 Å². The number of thiophene rings is 2. The number of amides is 1. The maximum absolute atomic E-state index is 13.5. The van der Waals surface area contributed by atoms with Crippen molar-refractivity contribution in [2.45, 2.75) is 13.1 Å². The molecule has 126 valence electrons. The summed E-state index contributed by atoms with van der Waals surface area (Å²) in [4.78, 5) is 13.8. The molecular weight excluding hydrogens is 355 g/mol. The van der Waals surface area contributed by atoms with Crippen molar-refractivity contribution in [1.82, 2.24) is 9.88 Å². The van der Waals surface area contributed by atoms with Crippen LogP contribution in [0.2, 0.25) is 0 Å². The normalized spacial score (nSPS) is 11.1. The molecule has 0 bridgehead atoms. The van der Waals surface area contributed by atoms with E-state index in [1.54, 1.807) is 28.7 Å². The summed E-state index contributed by atoms with van der Waals surface area (Å²) in [6.45, 7) is 0.967. The van der Waals surface area contributed by atoms with Gasteiger partial charge in [0.05, 0.1) is 16.8 Å². The van der Waals surface area contributed by atoms with Gasteiger partial charge in [0.25, 0.3) is 5.91 Å². The lowest BCUT2D eigenvalue weighted by molar-refractivity contribution is 0.0943. The molecular formula is C19H15FN2OS2. The molecule has 0 aliphatic carbocycles. The average molecular weight is 370 g/mol. The van der Waals surface area contributed by atoms with Crippen LogP contribution in [0.15, 0.2) is 59.3 Å². The van der Waals surface area contributed by atoms with Gasteiger partial charge in [-0.1, -0.05) is 18.2 Å². The van der Waals surface area contributed by atoms with E-state index in [-0.39, 0.29) is 11.7 Å². The zero-order chi connectivity index (χ0) is 17.2. The molecule has 0 saturated carbocycles. The van der Waals surface area contributed by atoms with Gasteiger partial charge in [0.15, 0.2) is 0 Å². The number of nitrogens with zero attached hydrogens (tertiary/aromatic N) is 1. The maximum Gasteiger partial charge on any atom is 0.268 e. The maximum atomic E-state index is 13.5. The molecule has 3 aromatic heterocycles. The van der Waals surface area contributed by atoms with E-state index in [4.69, 9.17) is 0 Å². The van der Waals surface area contributed by atoms with Gasteiger partial charge < -0.3 is 9.88 Å². The van der Waals surface area contributed by atoms with E-state index in [0.29, 0.717) is 18.8 Å². The summed E-state index contributed by atoms with van der Waals surface area (Å²) in [7, 11) is 0. The summed E-state index contributed by atoms with van der Waals surface area (Å²) in [5.41, 5.74) is 2.43. The third kappa shape index (κ3) is 3.36. The Balaban J connectivity index is 1.64. The summed E-state index contributed by atoms with van der Waals surface area (Å²) in [6, 6.07) is 14.4. The van der Waals surface area contributed by atoms with Gasteiger partial charge >= 0.3 is 0 Å². The van der Waals surface area contributed by atoms with E-state index in [0.717, 1.165) is 20.7 Å². The Bertz CT molecular complexity index is 1020. The number of carbonyl (C=O) groups is 1. The molecule has 4 aromatic rings. The number of halogens is 1. The lowest BCUT2D eigenvalue weighted by Gasteiger charge is -2.11. The van der Waals surface area contributed by atoms with E-state index in [9.17, 15) is 9.18 Å². The highest BCUT2D eigenvalue weighted by Crippen LogP contribution is 2.26. The number of rotatable bonds is 5. The second kappa shape index (κ2) is 6.82. The predicted octanol–water partition coefficient (Wildman–Crippen LogP) is 4.88. The van der Waals surface area contributed by atoms with Crippen LogP contribution in [-0.4, -0.2) is 10.5 Å². The first kappa shape index (κ1) is 16.1. The number of aromatic nitrogens is 1. The monoisotopic (exact) mass is 370 g/mol. The van der Waals surface area contributed by atoms with Crippen molar-refractivity contribution in [2.75, 3.05) is 0 Å². The van der Waals surface area contributed by atoms with Crippen LogP contribution < -0.4 is 5.32 Å². The predicted molar refractivity (Wildman–Crippen MR) is 101 cm³/mol. The Morgan fingerprint density at radius 2 is 2.00 bits per heavy atom. The van der Waals surface area contributed by atoms with Gasteiger partial charge in [0.1, 0.15) is 11.5 Å². The molecule has 0 radical (unpaired) electrons. The molecule has 1 N–H and O–H groups in total. The minimum Gasteiger partial charge on any atom is -0.346 e. The Labute approximate surface area is 152 Å². The van der Waals surface area contributed by atoms with Crippen molar-refractivity contribution < 1.29 is 9.18 Å². The molecule has 0 aliphatic rings. The summed E-state index contributed by atoms with van der Waals surface area (Å²) in [5, 5.41) is 6.96. The van der Waals surface area contributed by atoms with E-state index >= 15 is 0 Å². The Kier molecular flexibility index (Phi) is 4.38. The fraction of sp³-hybridized carbons (Fsp3) is 0.105. The molecule has 0 spiro atoms. The van der Waals surface area contributed by atoms with Crippen molar-refractivity contribution in [1.29, 1.82) is 0 Å². The quantitative estimate of drug-likeness (QED) is 0.534. The molecule has 0 aliphatic heterocycles. The van der Waals surface area contributed by atoms with Gasteiger partial charge in [0.2, 0.25) is 0 Å². The first-order valence-corrected chi connectivity index (χ1v) is 9.58. The molecule has 25 heavy (non-hydrogen) atoms. The molecule has 3 heterocycles. The largest absolute Gasteiger partial charge is 0.346 e. The summed E-state index contributed by atoms with van der Waals surface area (Å²) in [6.07, 6.45) is 0. The molecule has 0 saturated heterocycles. The van der Waals surface area contributed by atoms with Crippen LogP contribution in [-0.2, 0) is 13.1 Å². The molecule has 0 fully saturated rings. The fourth-order valence-corrected chi connectivity index (χ4v) is 4.29. The van der Waals surface area contributed by atoms with Crippen molar-refractivity contribution in [3.05, 3.63) is 81.2 Å². The second-order valence-electron chi connectivity index (χ2n) is 5.68. The number of nitrogens with one attached hydrogen (secondary N) is 1. The van der Waals surface area contributed by atoms with E-state index in [1.807, 2.05) is 45.7 Å². The first-order valence-electron chi connectivity index (χ1n) is 7.82. The van der Waals surface area contributed by atoms with Gasteiger partial charge in [-0.25, -0.2) is 4.39 Å². The van der Waals surface area contributed by atoms with Gasteiger partial charge in [-0.15, -0.1) is 22.7 Å². The highest BCUT2D eigenvalue weighted by Gasteiger charge is 2.17. The highest BCUT2D eigenvalue weighted by molar-refractivity contribution is 7.17. The van der Waals surface area contributed by atoms with Crippen LogP contribution in [0.1, 0.15) is 20.9 Å². The van der Waals surface area contributed by atoms with Crippen molar-refractivity contribution >= 4 is 38.8 Å². The van der Waals surface area contributed by atoms with Crippen molar-refractivity contribution in [2.24, 2.45) is 0 Å². The molecule has 4 rings (SSSR count). The number of hydrogen-bond donors (Lipinski definition) is 1. The number of hydrogen-bond acceptors (Lipinski definition) is 3. The SMILES string of the molecule is O=C(NCc1cccs1)c1cc2sccc2n1Cc1cccc(F)c1. The van der Waals surface area contributed by atoms with Crippen LogP contribution in [0.4, 0.5) is 4.39 Å². The van der Waals surface area contributed by atoms with Crippen molar-refractivity contribution in [3.63, 3.8) is 0 Å². The standard InChI is InChI=1S/C19H15FN2OS2/c20-14-4-1-3-13(9-14)12-22-16-6-8-25-18(16)10-17(22)19(23)21-11-15-5-2-7-24-15/h1-10H,11-12H2,(H,21,23). The number of carbonyl (C=O) groups excluding carboxylic acids is 1. The number of benzene rings is 1. The Hall–Kier alpha value is -2.44. The van der Waals surface area contributed by atoms with Crippen LogP contribution >= 0.6 is 22.7 Å². The van der Waals surface area contributed by atoms with Crippen LogP contribution in [0.3, 0.4) is 0 Å². The summed E-state index contributed by atoms with van der Waals surface area (Å²) >= 11 is 3.21. The van der Waals surface area contributed by atoms with Crippen molar-refractivity contribution in [3.8, 4) is 0 Å². The molecule has 3 nitrogen and oxygen atoms in total. The molecule has 1 aromatic carbocycles. The number of fused-ring (bicyclic) bond motifs is 1. The van der Waals surface area contributed by atoms with Crippen LogP contribution in [0, 0.1) is 5.82 Å². The third-order valence-corrected chi connectivity index (χ3v) is 5.72. The summed E-state index contributed by atoms with van der Waals surface area (Å²) in [5.74, 6) is -0.386. The van der Waals surface area contributed by atoms with Crippen LogP contribution in [0.25, 0.3) is 10.2 Å². The minimum absolute atomic E-state index is 0.117. The molecule has 0 unspecified atom stereocenters. The first-order chi connectivity index (χ1) is 12.2. The minimum atomic E-state index is -0.269. The van der Waals surface area contributed by atoms with Gasteiger partial charge in [-0.05, 0) is 46.7 Å². The van der Waals surface area contributed by atoms with Crippen LogP contribution in [0.5, 0.6) is 0 Å². The summed E-state index contributed by atoms with van der Waals surface area (Å²) < 4.78 is 16.5. The topological polar surface area (TPSA) is 34.0 Å². The van der Waals surface area contributed by atoms with Gasteiger partial charge in [-0.3, -0.25) is 4.79 Å². The molecule has 1 amide bonds. The second-order valence-corrected chi connectivity index (χ2v) is 7.66. The Morgan fingerprint density at radius 1 is 1.08 bits per heavy atom. The third-order valence-electron chi connectivity index (χ3n) is 3.99. The molecule has 6 heteroatoms. The fourth-order valence-electron chi connectivity index (χ4n) is 2.82. The smallest absolute Gasteiger partial charge is 0.268 e. The zero-order valence-electron chi connectivity index (χ0n) is 13.2. The molecule has 0 atom stereocenters. The zero-order valence-corrected chi connectivity index (χ0v) is 14.9. The van der Waals surface area contributed by atoms with E-state index in [1.165, 1.54) is 12.1 Å². The lowest BCUT2D eigenvalue weighted by Crippen LogP contribution is -2.25. The van der Waals surface area contributed by atoms with E-state index < -0.39 is 0 Å². The van der Waals surface area contributed by atoms with Gasteiger partial charge in [0, 0.05) is 11.4 Å². The Morgan fingerprint density at radius 3 is 2.80 bits per heavy atom.